The minimum Gasteiger partial charge on any atom is -0.376 e. The Labute approximate surface area is 201 Å². The zero-order valence-electron chi connectivity index (χ0n) is 14.3. The van der Waals surface area contributed by atoms with Crippen LogP contribution in [0.25, 0.3) is 6.08 Å². The van der Waals surface area contributed by atoms with Gasteiger partial charge in [0.15, 0.2) is 10.2 Å². The molecule has 2 rings (SSSR count). The quantitative estimate of drug-likeness (QED) is 0.370. The van der Waals surface area contributed by atoms with Gasteiger partial charge in [-0.15, -0.1) is 34.0 Å². The molecule has 0 radical (unpaired) electrons. The highest BCUT2D eigenvalue weighted by atomic mass is 79.9. The van der Waals surface area contributed by atoms with Gasteiger partial charge in [0.25, 0.3) is 0 Å². The standard InChI is InChI=1S/C17H18Cl2N4S2.2BrH/c1-10-7-11(18)9-17(8-10,23-16(21)25)6-5-12-13(19)3-2-4-14(12)22-15(20)24;;/h2-7,9H,8H2,1H3,(H3,20,22,24)(H3,21,23,25);2*1H/b6-5+;;. The molecule has 0 saturated heterocycles. The second kappa shape index (κ2) is 11.4. The van der Waals surface area contributed by atoms with Crippen LogP contribution in [-0.2, 0) is 0 Å². The van der Waals surface area contributed by atoms with Gasteiger partial charge >= 0.3 is 0 Å². The molecule has 6 N–H and O–H groups in total. The summed E-state index contributed by atoms with van der Waals surface area (Å²) in [6, 6.07) is 5.44. The highest BCUT2D eigenvalue weighted by molar-refractivity contribution is 8.93. The van der Waals surface area contributed by atoms with Crippen LogP contribution in [0, 0.1) is 0 Å². The average Bonchev–Trinajstić information content (AvgIpc) is 2.43. The van der Waals surface area contributed by atoms with Gasteiger partial charge in [-0.2, -0.15) is 0 Å². The first-order valence-corrected chi connectivity index (χ1v) is 8.95. The van der Waals surface area contributed by atoms with E-state index < -0.39 is 5.54 Å². The zero-order valence-corrected chi connectivity index (χ0v) is 20.9. The number of hydrogen-bond donors (Lipinski definition) is 4. The van der Waals surface area contributed by atoms with Gasteiger partial charge in [0.05, 0.1) is 5.54 Å². The van der Waals surface area contributed by atoms with Gasteiger partial charge in [0.2, 0.25) is 0 Å². The maximum Gasteiger partial charge on any atom is 0.168 e. The van der Waals surface area contributed by atoms with E-state index in [9.17, 15) is 0 Å². The zero-order chi connectivity index (χ0) is 18.6. The summed E-state index contributed by atoms with van der Waals surface area (Å²) in [7, 11) is 0. The Hall–Kier alpha value is -0.640. The van der Waals surface area contributed by atoms with Gasteiger partial charge in [-0.3, -0.25) is 0 Å². The first-order valence-electron chi connectivity index (χ1n) is 7.38. The van der Waals surface area contributed by atoms with Crippen LogP contribution in [0.3, 0.4) is 0 Å². The summed E-state index contributed by atoms with van der Waals surface area (Å²) in [5.41, 5.74) is 13.2. The molecule has 1 aliphatic carbocycles. The van der Waals surface area contributed by atoms with Crippen LogP contribution in [0.5, 0.6) is 0 Å². The average molecular weight is 575 g/mol. The van der Waals surface area contributed by atoms with Gasteiger partial charge in [0, 0.05) is 21.3 Å². The molecule has 1 unspecified atom stereocenters. The van der Waals surface area contributed by atoms with E-state index >= 15 is 0 Å². The molecule has 0 heterocycles. The van der Waals surface area contributed by atoms with Gasteiger partial charge in [-0.1, -0.05) is 47.0 Å². The van der Waals surface area contributed by atoms with E-state index in [-0.39, 0.29) is 44.2 Å². The number of benzene rings is 1. The normalized spacial score (nSPS) is 18.5. The lowest BCUT2D eigenvalue weighted by Crippen LogP contribution is -2.48. The molecule has 1 aliphatic rings. The third kappa shape index (κ3) is 7.71. The number of allylic oxidation sites excluding steroid dienone is 2. The number of hydrogen-bond acceptors (Lipinski definition) is 2. The smallest absolute Gasteiger partial charge is 0.168 e. The van der Waals surface area contributed by atoms with Crippen molar-refractivity contribution in [2.75, 3.05) is 5.32 Å². The lowest BCUT2D eigenvalue weighted by atomic mass is 9.86. The lowest BCUT2D eigenvalue weighted by Gasteiger charge is -2.32. The lowest BCUT2D eigenvalue weighted by molar-refractivity contribution is 0.572. The summed E-state index contributed by atoms with van der Waals surface area (Å²) >= 11 is 22.5. The summed E-state index contributed by atoms with van der Waals surface area (Å²) in [5, 5.41) is 7.54. The fraction of sp³-hybridized carbons (Fsp3) is 0.176. The summed E-state index contributed by atoms with van der Waals surface area (Å²) < 4.78 is 0. The van der Waals surface area contributed by atoms with Crippen LogP contribution >= 0.6 is 81.6 Å². The molecule has 0 spiro atoms. The Balaban J connectivity index is 0.00000338. The molecule has 1 aromatic carbocycles. The highest BCUT2D eigenvalue weighted by Gasteiger charge is 2.28. The molecular formula is C17H20Br2Cl2N4S2. The molecule has 0 bridgehead atoms. The molecule has 0 aromatic heterocycles. The fourth-order valence-corrected chi connectivity index (χ4v) is 3.64. The minimum absolute atomic E-state index is 0. The van der Waals surface area contributed by atoms with Gasteiger partial charge in [0.1, 0.15) is 0 Å². The Bertz CT molecular complexity index is 808. The van der Waals surface area contributed by atoms with E-state index in [4.69, 9.17) is 59.1 Å². The predicted octanol–water partition coefficient (Wildman–Crippen LogP) is 5.21. The molecule has 0 aliphatic heterocycles. The number of anilines is 1. The van der Waals surface area contributed by atoms with Crippen molar-refractivity contribution < 1.29 is 0 Å². The second-order valence-corrected chi connectivity index (χ2v) is 7.47. The molecule has 10 heteroatoms. The van der Waals surface area contributed by atoms with E-state index in [0.717, 1.165) is 11.1 Å². The summed E-state index contributed by atoms with van der Waals surface area (Å²) in [4.78, 5) is 0. The number of halogens is 4. The molecule has 1 aromatic rings. The topological polar surface area (TPSA) is 76.1 Å². The monoisotopic (exact) mass is 572 g/mol. The number of thiocarbonyl (C=S) groups is 2. The summed E-state index contributed by atoms with van der Waals surface area (Å²) in [6.45, 7) is 1.99. The molecule has 0 amide bonds. The van der Waals surface area contributed by atoms with Crippen LogP contribution in [0.4, 0.5) is 5.69 Å². The molecule has 0 saturated carbocycles. The van der Waals surface area contributed by atoms with Crippen molar-refractivity contribution in [1.29, 1.82) is 0 Å². The van der Waals surface area contributed by atoms with E-state index in [1.807, 2.05) is 43.4 Å². The van der Waals surface area contributed by atoms with E-state index in [0.29, 0.717) is 22.2 Å². The van der Waals surface area contributed by atoms with Crippen molar-refractivity contribution in [1.82, 2.24) is 5.32 Å². The fourth-order valence-electron chi connectivity index (χ4n) is 2.73. The Morgan fingerprint density at radius 3 is 2.41 bits per heavy atom. The Morgan fingerprint density at radius 2 is 1.85 bits per heavy atom. The molecule has 4 nitrogen and oxygen atoms in total. The van der Waals surface area contributed by atoms with Crippen molar-refractivity contribution in [2.45, 2.75) is 18.9 Å². The third-order valence-corrected chi connectivity index (χ3v) is 4.32. The number of nitrogens with one attached hydrogen (secondary N) is 2. The van der Waals surface area contributed by atoms with E-state index in [2.05, 4.69) is 10.6 Å². The molecule has 27 heavy (non-hydrogen) atoms. The maximum absolute atomic E-state index is 6.34. The van der Waals surface area contributed by atoms with Crippen molar-refractivity contribution in [3.05, 3.63) is 57.6 Å². The van der Waals surface area contributed by atoms with Crippen LogP contribution in [0.2, 0.25) is 5.02 Å². The van der Waals surface area contributed by atoms with Crippen molar-refractivity contribution in [3.8, 4) is 0 Å². The number of nitrogens with two attached hydrogens (primary N) is 2. The van der Waals surface area contributed by atoms with Gasteiger partial charge in [-0.05, 0) is 62.1 Å². The third-order valence-electron chi connectivity index (χ3n) is 3.57. The van der Waals surface area contributed by atoms with Crippen molar-refractivity contribution in [2.24, 2.45) is 11.5 Å². The molecule has 0 fully saturated rings. The van der Waals surface area contributed by atoms with E-state index in [1.165, 1.54) is 0 Å². The van der Waals surface area contributed by atoms with Crippen LogP contribution in [-0.4, -0.2) is 15.8 Å². The first kappa shape index (κ1) is 26.4. The first-order chi connectivity index (χ1) is 11.7. The minimum atomic E-state index is -0.637. The largest absolute Gasteiger partial charge is 0.376 e. The van der Waals surface area contributed by atoms with E-state index in [1.54, 1.807) is 6.07 Å². The Morgan fingerprint density at radius 1 is 1.19 bits per heavy atom. The SMILES string of the molecule is Br.Br.CC1=CC(Cl)=CC(/C=C/c2c(Cl)cccc2NC(N)=S)(NC(N)=S)C1. The van der Waals surface area contributed by atoms with Crippen LogP contribution in [0.1, 0.15) is 18.9 Å². The molecule has 1 atom stereocenters. The highest BCUT2D eigenvalue weighted by Crippen LogP contribution is 2.32. The molecular weight excluding hydrogens is 555 g/mol. The molecule has 148 valence electrons. The summed E-state index contributed by atoms with van der Waals surface area (Å²) in [5.74, 6) is 0. The van der Waals surface area contributed by atoms with Crippen LogP contribution < -0.4 is 22.1 Å². The van der Waals surface area contributed by atoms with Crippen molar-refractivity contribution >= 4 is 104 Å². The maximum atomic E-state index is 6.34. The van der Waals surface area contributed by atoms with Gasteiger partial charge < -0.3 is 22.1 Å². The summed E-state index contributed by atoms with van der Waals surface area (Å²) in [6.07, 6.45) is 8.24. The Kier molecular flexibility index (Phi) is 11.1. The second-order valence-electron chi connectivity index (χ2n) is 5.75. The van der Waals surface area contributed by atoms with Gasteiger partial charge in [-0.25, -0.2) is 0 Å². The predicted molar refractivity (Wildman–Crippen MR) is 137 cm³/mol. The number of rotatable bonds is 4. The van der Waals surface area contributed by atoms with Crippen molar-refractivity contribution in [3.63, 3.8) is 0 Å². The van der Waals surface area contributed by atoms with Crippen LogP contribution in [0.15, 0.2) is 47.0 Å².